The lowest BCUT2D eigenvalue weighted by Gasteiger charge is -2.08. The quantitative estimate of drug-likeness (QED) is 0.784. The fraction of sp³-hybridized carbons (Fsp3) is 0.556. The van der Waals surface area contributed by atoms with Gasteiger partial charge in [0.1, 0.15) is 5.76 Å². The Morgan fingerprint density at radius 2 is 2.33 bits per heavy atom. The summed E-state index contributed by atoms with van der Waals surface area (Å²) in [4.78, 5) is 0. The predicted molar refractivity (Wildman–Crippen MR) is 50.3 cm³/mol. The third kappa shape index (κ3) is 2.88. The maximum absolute atomic E-state index is 5.62. The van der Waals surface area contributed by atoms with Crippen molar-refractivity contribution in [3.63, 3.8) is 0 Å². The summed E-state index contributed by atoms with van der Waals surface area (Å²) in [6.07, 6.45) is 1.12. The summed E-state index contributed by atoms with van der Waals surface area (Å²) in [5.41, 5.74) is 0. The van der Waals surface area contributed by atoms with Crippen LogP contribution in [0, 0.1) is 0 Å². The first-order valence-corrected chi connectivity index (χ1v) is 4.57. The summed E-state index contributed by atoms with van der Waals surface area (Å²) < 4.78 is 5.18. The maximum Gasteiger partial charge on any atom is 0.193 e. The molecule has 0 aliphatic rings. The van der Waals surface area contributed by atoms with Crippen LogP contribution in [0.25, 0.3) is 0 Å². The highest BCUT2D eigenvalue weighted by atomic mass is 35.5. The first-order chi connectivity index (χ1) is 5.72. The SMILES string of the molecule is CCC(C)NCc1ccc(Cl)o1. The van der Waals surface area contributed by atoms with Gasteiger partial charge in [0.2, 0.25) is 0 Å². The van der Waals surface area contributed by atoms with Crippen LogP contribution in [0.2, 0.25) is 5.22 Å². The standard InChI is InChI=1S/C9H14ClNO/c1-3-7(2)11-6-8-4-5-9(10)12-8/h4-5,7,11H,3,6H2,1-2H3. The molecule has 1 aromatic heterocycles. The first kappa shape index (κ1) is 9.62. The van der Waals surface area contributed by atoms with Gasteiger partial charge >= 0.3 is 0 Å². The molecule has 0 aliphatic heterocycles. The van der Waals surface area contributed by atoms with E-state index in [2.05, 4.69) is 19.2 Å². The molecule has 2 nitrogen and oxygen atoms in total. The van der Waals surface area contributed by atoms with Crippen molar-refractivity contribution < 1.29 is 4.42 Å². The van der Waals surface area contributed by atoms with Crippen LogP contribution < -0.4 is 5.32 Å². The van der Waals surface area contributed by atoms with Gasteiger partial charge < -0.3 is 9.73 Å². The first-order valence-electron chi connectivity index (χ1n) is 4.20. The molecule has 1 unspecified atom stereocenters. The summed E-state index contributed by atoms with van der Waals surface area (Å²) in [5, 5.41) is 3.76. The van der Waals surface area contributed by atoms with Crippen molar-refractivity contribution in [2.24, 2.45) is 0 Å². The largest absolute Gasteiger partial charge is 0.448 e. The molecule has 3 heteroatoms. The molecular weight excluding hydrogens is 174 g/mol. The van der Waals surface area contributed by atoms with Gasteiger partial charge in [-0.15, -0.1) is 0 Å². The van der Waals surface area contributed by atoms with Crippen molar-refractivity contribution in [2.75, 3.05) is 0 Å². The minimum atomic E-state index is 0.455. The molecule has 1 atom stereocenters. The van der Waals surface area contributed by atoms with Crippen molar-refractivity contribution in [2.45, 2.75) is 32.9 Å². The number of halogens is 1. The second-order valence-electron chi connectivity index (χ2n) is 2.90. The molecule has 1 rings (SSSR count). The molecule has 12 heavy (non-hydrogen) atoms. The van der Waals surface area contributed by atoms with Gasteiger partial charge in [0.05, 0.1) is 6.54 Å². The Balaban J connectivity index is 2.33. The second-order valence-corrected chi connectivity index (χ2v) is 3.27. The molecule has 1 heterocycles. The van der Waals surface area contributed by atoms with Crippen molar-refractivity contribution in [1.29, 1.82) is 0 Å². The van der Waals surface area contributed by atoms with Crippen molar-refractivity contribution in [1.82, 2.24) is 5.32 Å². The topological polar surface area (TPSA) is 25.2 Å². The monoisotopic (exact) mass is 187 g/mol. The highest BCUT2D eigenvalue weighted by Gasteiger charge is 2.01. The molecule has 0 bridgehead atoms. The zero-order chi connectivity index (χ0) is 8.97. The van der Waals surface area contributed by atoms with Crippen LogP contribution in [0.5, 0.6) is 0 Å². The average Bonchev–Trinajstić information content (AvgIpc) is 2.47. The average molecular weight is 188 g/mol. The van der Waals surface area contributed by atoms with Crippen LogP contribution in [-0.2, 0) is 6.54 Å². The van der Waals surface area contributed by atoms with Crippen LogP contribution in [0.15, 0.2) is 16.5 Å². The maximum atomic E-state index is 5.62. The summed E-state index contributed by atoms with van der Waals surface area (Å²) in [7, 11) is 0. The fourth-order valence-electron chi connectivity index (χ4n) is 0.866. The summed E-state index contributed by atoms with van der Waals surface area (Å²) in [6.45, 7) is 5.04. The van der Waals surface area contributed by atoms with E-state index in [-0.39, 0.29) is 0 Å². The van der Waals surface area contributed by atoms with E-state index < -0.39 is 0 Å². The number of rotatable bonds is 4. The minimum Gasteiger partial charge on any atom is -0.448 e. The van der Waals surface area contributed by atoms with Gasteiger partial charge in [-0.2, -0.15) is 0 Å². The highest BCUT2D eigenvalue weighted by Crippen LogP contribution is 2.12. The van der Waals surface area contributed by atoms with E-state index in [4.69, 9.17) is 16.0 Å². The summed E-state index contributed by atoms with van der Waals surface area (Å²) in [6, 6.07) is 4.17. The molecular formula is C9H14ClNO. The smallest absolute Gasteiger partial charge is 0.193 e. The Morgan fingerprint density at radius 1 is 1.58 bits per heavy atom. The lowest BCUT2D eigenvalue weighted by atomic mass is 10.2. The number of furan rings is 1. The van der Waals surface area contributed by atoms with E-state index in [0.717, 1.165) is 18.7 Å². The van der Waals surface area contributed by atoms with Gasteiger partial charge in [0, 0.05) is 6.04 Å². The zero-order valence-corrected chi connectivity index (χ0v) is 8.19. The van der Waals surface area contributed by atoms with Crippen LogP contribution in [0.4, 0.5) is 0 Å². The van der Waals surface area contributed by atoms with Gasteiger partial charge in [-0.3, -0.25) is 0 Å². The van der Waals surface area contributed by atoms with Crippen LogP contribution in [0.3, 0.4) is 0 Å². The molecule has 0 radical (unpaired) electrons. The molecule has 0 saturated heterocycles. The zero-order valence-electron chi connectivity index (χ0n) is 7.43. The molecule has 0 fully saturated rings. The molecule has 0 aliphatic carbocycles. The Morgan fingerprint density at radius 3 is 2.83 bits per heavy atom. The third-order valence-electron chi connectivity index (χ3n) is 1.87. The van der Waals surface area contributed by atoms with Gasteiger partial charge in [-0.1, -0.05) is 6.92 Å². The van der Waals surface area contributed by atoms with Crippen molar-refractivity contribution in [3.05, 3.63) is 23.1 Å². The Bertz CT molecular complexity index is 234. The van der Waals surface area contributed by atoms with Gasteiger partial charge in [0.15, 0.2) is 5.22 Å². The number of nitrogens with one attached hydrogen (secondary N) is 1. The van der Waals surface area contributed by atoms with E-state index in [1.807, 2.05) is 6.07 Å². The molecule has 1 aromatic rings. The van der Waals surface area contributed by atoms with Crippen LogP contribution in [0.1, 0.15) is 26.0 Å². The number of hydrogen-bond donors (Lipinski definition) is 1. The minimum absolute atomic E-state index is 0.455. The lowest BCUT2D eigenvalue weighted by molar-refractivity contribution is 0.451. The Hall–Kier alpha value is -0.470. The van der Waals surface area contributed by atoms with Crippen LogP contribution in [-0.4, -0.2) is 6.04 Å². The van der Waals surface area contributed by atoms with E-state index in [1.54, 1.807) is 6.07 Å². The van der Waals surface area contributed by atoms with Crippen molar-refractivity contribution >= 4 is 11.6 Å². The van der Waals surface area contributed by atoms with Crippen LogP contribution >= 0.6 is 11.6 Å². The van der Waals surface area contributed by atoms with E-state index >= 15 is 0 Å². The van der Waals surface area contributed by atoms with Gasteiger partial charge in [-0.05, 0) is 37.1 Å². The van der Waals surface area contributed by atoms with Crippen molar-refractivity contribution in [3.8, 4) is 0 Å². The predicted octanol–water partition coefficient (Wildman–Crippen LogP) is 2.82. The molecule has 0 saturated carbocycles. The Labute approximate surface area is 77.9 Å². The fourth-order valence-corrected chi connectivity index (χ4v) is 1.03. The Kier molecular flexibility index (Phi) is 3.63. The lowest BCUT2D eigenvalue weighted by Crippen LogP contribution is -2.24. The van der Waals surface area contributed by atoms with Gasteiger partial charge in [-0.25, -0.2) is 0 Å². The summed E-state index contributed by atoms with van der Waals surface area (Å²) in [5.74, 6) is 0.889. The third-order valence-corrected chi connectivity index (χ3v) is 2.07. The van der Waals surface area contributed by atoms with E-state index in [1.165, 1.54) is 0 Å². The molecule has 0 amide bonds. The summed E-state index contributed by atoms with van der Waals surface area (Å²) >= 11 is 5.62. The van der Waals surface area contributed by atoms with Gasteiger partial charge in [0.25, 0.3) is 0 Å². The molecule has 0 spiro atoms. The molecule has 1 N–H and O–H groups in total. The highest BCUT2D eigenvalue weighted by molar-refractivity contribution is 6.28. The molecule has 0 aromatic carbocycles. The number of hydrogen-bond acceptors (Lipinski definition) is 2. The molecule has 68 valence electrons. The van der Waals surface area contributed by atoms with E-state index in [0.29, 0.717) is 11.3 Å². The van der Waals surface area contributed by atoms with E-state index in [9.17, 15) is 0 Å². The normalized spacial score (nSPS) is 13.2. The second kappa shape index (κ2) is 4.53.